The number of nitrogens with two attached hydrogens (primary N) is 1. The van der Waals surface area contributed by atoms with Crippen molar-refractivity contribution in [2.75, 3.05) is 18.4 Å². The van der Waals surface area contributed by atoms with E-state index in [-0.39, 0.29) is 30.2 Å². The molecule has 0 aliphatic rings. The molecule has 7 nitrogen and oxygen atoms in total. The summed E-state index contributed by atoms with van der Waals surface area (Å²) < 4.78 is 5.21. The maximum atomic E-state index is 13.5. The molecule has 0 aliphatic heterocycles. The van der Waals surface area contributed by atoms with E-state index in [4.69, 9.17) is 21.9 Å². The molecule has 0 unspecified atom stereocenters. The predicted octanol–water partition coefficient (Wildman–Crippen LogP) is 4.75. The lowest BCUT2D eigenvalue weighted by atomic mass is 9.92. The van der Waals surface area contributed by atoms with Crippen LogP contribution in [0.3, 0.4) is 0 Å². The Hall–Kier alpha value is -3.16. The van der Waals surface area contributed by atoms with Crippen LogP contribution in [-0.4, -0.2) is 35.0 Å². The van der Waals surface area contributed by atoms with Crippen molar-refractivity contribution in [3.05, 3.63) is 81.7 Å². The zero-order valence-electron chi connectivity index (χ0n) is 20.0. The molecule has 34 heavy (non-hydrogen) atoms. The van der Waals surface area contributed by atoms with Gasteiger partial charge in [-0.3, -0.25) is 9.59 Å². The van der Waals surface area contributed by atoms with Crippen molar-refractivity contribution in [3.8, 4) is 0 Å². The zero-order chi connectivity index (χ0) is 24.9. The molecule has 0 aliphatic carbocycles. The lowest BCUT2D eigenvalue weighted by Crippen LogP contribution is -2.42. The summed E-state index contributed by atoms with van der Waals surface area (Å²) in [7, 11) is 0. The SMILES string of the molecule is Cc1noc(C)c1C(=O)N(Cc1cc(NC(=O)Cc2ccccc2)ccc1Cl)CC(C)(C)CN. The van der Waals surface area contributed by atoms with E-state index in [0.29, 0.717) is 46.4 Å². The summed E-state index contributed by atoms with van der Waals surface area (Å²) in [4.78, 5) is 27.7. The summed E-state index contributed by atoms with van der Waals surface area (Å²) in [5.74, 6) is 0.130. The fraction of sp³-hybridized carbons (Fsp3) is 0.346. The topological polar surface area (TPSA) is 101 Å². The predicted molar refractivity (Wildman–Crippen MR) is 134 cm³/mol. The number of halogens is 1. The monoisotopic (exact) mass is 482 g/mol. The first kappa shape index (κ1) is 25.5. The number of amides is 2. The summed E-state index contributed by atoms with van der Waals surface area (Å²) >= 11 is 6.50. The van der Waals surface area contributed by atoms with Crippen LogP contribution < -0.4 is 11.1 Å². The highest BCUT2D eigenvalue weighted by molar-refractivity contribution is 6.31. The van der Waals surface area contributed by atoms with Crippen molar-refractivity contribution in [3.63, 3.8) is 0 Å². The number of aryl methyl sites for hydroxylation is 2. The molecular formula is C26H31ClN4O3. The molecule has 3 rings (SSSR count). The first-order chi connectivity index (χ1) is 16.1. The molecule has 3 N–H and O–H groups in total. The van der Waals surface area contributed by atoms with E-state index in [1.54, 1.807) is 36.9 Å². The molecule has 3 aromatic rings. The molecule has 0 saturated heterocycles. The lowest BCUT2D eigenvalue weighted by molar-refractivity contribution is -0.115. The molecule has 0 fully saturated rings. The van der Waals surface area contributed by atoms with Gasteiger partial charge in [0, 0.05) is 23.8 Å². The van der Waals surface area contributed by atoms with Crippen LogP contribution in [0, 0.1) is 19.3 Å². The van der Waals surface area contributed by atoms with Gasteiger partial charge in [0.05, 0.1) is 12.1 Å². The van der Waals surface area contributed by atoms with Gasteiger partial charge in [0.2, 0.25) is 5.91 Å². The Morgan fingerprint density at radius 1 is 1.15 bits per heavy atom. The number of carbonyl (C=O) groups is 2. The van der Waals surface area contributed by atoms with Gasteiger partial charge in [-0.05, 0) is 55.1 Å². The second kappa shape index (κ2) is 10.8. The first-order valence-corrected chi connectivity index (χ1v) is 11.5. The van der Waals surface area contributed by atoms with Crippen molar-refractivity contribution in [2.45, 2.75) is 40.7 Å². The van der Waals surface area contributed by atoms with Gasteiger partial charge in [-0.25, -0.2) is 0 Å². The number of rotatable bonds is 9. The number of nitrogens with zero attached hydrogens (tertiary/aromatic N) is 2. The van der Waals surface area contributed by atoms with Crippen LogP contribution in [0.4, 0.5) is 5.69 Å². The molecule has 1 heterocycles. The Bertz CT molecular complexity index is 1140. The Balaban J connectivity index is 1.84. The molecule has 0 spiro atoms. The molecule has 1 aromatic heterocycles. The van der Waals surface area contributed by atoms with Gasteiger partial charge in [0.25, 0.3) is 5.91 Å². The normalized spacial score (nSPS) is 11.4. The number of aromatic nitrogens is 1. The van der Waals surface area contributed by atoms with Crippen molar-refractivity contribution in [1.82, 2.24) is 10.1 Å². The van der Waals surface area contributed by atoms with E-state index in [1.807, 2.05) is 44.2 Å². The van der Waals surface area contributed by atoms with Gasteiger partial charge in [0.15, 0.2) is 0 Å². The van der Waals surface area contributed by atoms with E-state index in [0.717, 1.165) is 5.56 Å². The molecule has 0 radical (unpaired) electrons. The molecule has 2 aromatic carbocycles. The van der Waals surface area contributed by atoms with Crippen LogP contribution in [0.25, 0.3) is 0 Å². The number of hydrogen-bond acceptors (Lipinski definition) is 5. The summed E-state index contributed by atoms with van der Waals surface area (Å²) in [5.41, 5.74) is 8.87. The summed E-state index contributed by atoms with van der Waals surface area (Å²) in [6, 6.07) is 14.8. The zero-order valence-corrected chi connectivity index (χ0v) is 20.8. The molecule has 180 valence electrons. The lowest BCUT2D eigenvalue weighted by Gasteiger charge is -2.32. The van der Waals surface area contributed by atoms with Gasteiger partial charge in [-0.15, -0.1) is 0 Å². The molecule has 0 bridgehead atoms. The van der Waals surface area contributed by atoms with Crippen LogP contribution in [0.2, 0.25) is 5.02 Å². The molecular weight excluding hydrogens is 452 g/mol. The molecule has 0 atom stereocenters. The highest BCUT2D eigenvalue weighted by Crippen LogP contribution is 2.26. The smallest absolute Gasteiger partial charge is 0.259 e. The maximum Gasteiger partial charge on any atom is 0.259 e. The van der Waals surface area contributed by atoms with Crippen LogP contribution in [-0.2, 0) is 17.8 Å². The summed E-state index contributed by atoms with van der Waals surface area (Å²) in [6.45, 7) is 8.52. The standard InChI is InChI=1S/C26H31ClN4O3/c1-17-24(18(2)34-30-17)25(33)31(16-26(3,4)15-28)14-20-13-21(10-11-22(20)27)29-23(32)12-19-8-6-5-7-9-19/h5-11,13H,12,14-16,28H2,1-4H3,(H,29,32). The van der Waals surface area contributed by atoms with E-state index >= 15 is 0 Å². The van der Waals surface area contributed by atoms with Gasteiger partial charge < -0.3 is 20.5 Å². The van der Waals surface area contributed by atoms with E-state index in [1.165, 1.54) is 0 Å². The third-order valence-corrected chi connectivity index (χ3v) is 5.97. The molecule has 0 saturated carbocycles. The fourth-order valence-corrected chi connectivity index (χ4v) is 3.87. The average molecular weight is 483 g/mol. The Morgan fingerprint density at radius 3 is 2.47 bits per heavy atom. The Labute approximate surface area is 205 Å². The number of carbonyl (C=O) groups excluding carboxylic acids is 2. The van der Waals surface area contributed by atoms with Crippen LogP contribution in [0.1, 0.15) is 46.8 Å². The largest absolute Gasteiger partial charge is 0.361 e. The van der Waals surface area contributed by atoms with Crippen LogP contribution in [0.5, 0.6) is 0 Å². The van der Waals surface area contributed by atoms with Crippen LogP contribution in [0.15, 0.2) is 53.1 Å². The van der Waals surface area contributed by atoms with E-state index in [9.17, 15) is 9.59 Å². The first-order valence-electron chi connectivity index (χ1n) is 11.1. The van der Waals surface area contributed by atoms with Gasteiger partial charge in [0.1, 0.15) is 11.3 Å². The minimum Gasteiger partial charge on any atom is -0.361 e. The third-order valence-electron chi connectivity index (χ3n) is 5.60. The number of hydrogen-bond donors (Lipinski definition) is 2. The average Bonchev–Trinajstić information content (AvgIpc) is 3.13. The highest BCUT2D eigenvalue weighted by atomic mass is 35.5. The Morgan fingerprint density at radius 2 is 1.85 bits per heavy atom. The fourth-order valence-electron chi connectivity index (χ4n) is 3.69. The van der Waals surface area contributed by atoms with Gasteiger partial charge >= 0.3 is 0 Å². The van der Waals surface area contributed by atoms with Crippen molar-refractivity contribution >= 4 is 29.1 Å². The Kier molecular flexibility index (Phi) is 8.12. The second-order valence-electron chi connectivity index (χ2n) is 9.25. The third kappa shape index (κ3) is 6.46. The quantitative estimate of drug-likeness (QED) is 0.458. The number of anilines is 1. The molecule has 2 amide bonds. The van der Waals surface area contributed by atoms with Crippen LogP contribution >= 0.6 is 11.6 Å². The van der Waals surface area contributed by atoms with Gasteiger partial charge in [-0.1, -0.05) is 60.9 Å². The highest BCUT2D eigenvalue weighted by Gasteiger charge is 2.29. The number of benzene rings is 2. The van der Waals surface area contributed by atoms with Crippen molar-refractivity contribution in [1.29, 1.82) is 0 Å². The maximum absolute atomic E-state index is 13.5. The summed E-state index contributed by atoms with van der Waals surface area (Å²) in [5, 5.41) is 7.34. The van der Waals surface area contributed by atoms with Crippen molar-refractivity contribution in [2.24, 2.45) is 11.1 Å². The molecule has 8 heteroatoms. The second-order valence-corrected chi connectivity index (χ2v) is 9.65. The van der Waals surface area contributed by atoms with Crippen molar-refractivity contribution < 1.29 is 14.1 Å². The minimum atomic E-state index is -0.317. The van der Waals surface area contributed by atoms with E-state index < -0.39 is 0 Å². The number of nitrogens with one attached hydrogen (secondary N) is 1. The van der Waals surface area contributed by atoms with E-state index in [2.05, 4.69) is 10.5 Å². The van der Waals surface area contributed by atoms with Gasteiger partial charge in [-0.2, -0.15) is 0 Å². The summed E-state index contributed by atoms with van der Waals surface area (Å²) in [6.07, 6.45) is 0.264. The minimum absolute atomic E-state index is 0.132.